The van der Waals surface area contributed by atoms with Crippen LogP contribution in [0, 0.1) is 6.92 Å². The minimum atomic E-state index is -0.0988. The van der Waals surface area contributed by atoms with Crippen molar-refractivity contribution in [1.29, 1.82) is 0 Å². The summed E-state index contributed by atoms with van der Waals surface area (Å²) in [6, 6.07) is 14.0. The Morgan fingerprint density at radius 2 is 1.90 bits per heavy atom. The van der Waals surface area contributed by atoms with Gasteiger partial charge in [-0.1, -0.05) is 30.3 Å². The minimum absolute atomic E-state index is 0.0881. The average molecular weight is 267 g/mol. The molecule has 3 rings (SSSR count). The van der Waals surface area contributed by atoms with E-state index in [1.807, 2.05) is 49.4 Å². The molecule has 1 aliphatic heterocycles. The summed E-state index contributed by atoms with van der Waals surface area (Å²) in [6.45, 7) is 2.02. The molecule has 0 aliphatic carbocycles. The Bertz CT molecular complexity index is 647. The lowest BCUT2D eigenvalue weighted by Gasteiger charge is -2.10. The van der Waals surface area contributed by atoms with Gasteiger partial charge in [0.2, 0.25) is 5.91 Å². The number of hydrogen-bond donors (Lipinski definition) is 1. The van der Waals surface area contributed by atoms with E-state index in [0.29, 0.717) is 6.42 Å². The van der Waals surface area contributed by atoms with Crippen molar-refractivity contribution in [1.82, 2.24) is 0 Å². The molecule has 0 bridgehead atoms. The number of hydrogen-bond acceptors (Lipinski definition) is 2. The van der Waals surface area contributed by atoms with Gasteiger partial charge in [0.25, 0.3) is 0 Å². The average Bonchev–Trinajstić information content (AvgIpc) is 2.78. The van der Waals surface area contributed by atoms with E-state index in [0.717, 1.165) is 28.1 Å². The molecular formula is C17H17NO2. The molecule has 2 aromatic carbocycles. The second-order valence-corrected chi connectivity index (χ2v) is 5.13. The van der Waals surface area contributed by atoms with Crippen molar-refractivity contribution < 1.29 is 9.53 Å². The number of nitrogens with one attached hydrogen (secondary N) is 1. The zero-order valence-corrected chi connectivity index (χ0v) is 11.6. The molecular weight excluding hydrogens is 250 g/mol. The largest absolute Gasteiger partial charge is 0.497 e. The molecule has 1 amide bonds. The molecule has 1 N–H and O–H groups in total. The van der Waals surface area contributed by atoms with Crippen molar-refractivity contribution in [3.8, 4) is 5.75 Å². The number of methoxy groups -OCH3 is 1. The second-order valence-electron chi connectivity index (χ2n) is 5.13. The van der Waals surface area contributed by atoms with E-state index in [1.165, 1.54) is 0 Å². The van der Waals surface area contributed by atoms with Gasteiger partial charge in [-0.3, -0.25) is 4.79 Å². The molecule has 0 saturated carbocycles. The molecule has 1 aliphatic rings. The standard InChI is InChI=1S/C17H17NO2/c1-11-4-3-5-14-15(17(19)18-16(11)14)10-12-6-8-13(20-2)9-7-12/h3-9,15H,10H2,1-2H3,(H,18,19)/t15-/m1/s1. The van der Waals surface area contributed by atoms with Gasteiger partial charge in [0.15, 0.2) is 0 Å². The highest BCUT2D eigenvalue weighted by atomic mass is 16.5. The summed E-state index contributed by atoms with van der Waals surface area (Å²) in [5.74, 6) is 0.823. The van der Waals surface area contributed by atoms with Crippen molar-refractivity contribution in [3.05, 3.63) is 59.2 Å². The number of carbonyl (C=O) groups excluding carboxylic acids is 1. The number of carbonyl (C=O) groups is 1. The Kier molecular flexibility index (Phi) is 3.18. The Morgan fingerprint density at radius 3 is 2.60 bits per heavy atom. The predicted octanol–water partition coefficient (Wildman–Crippen LogP) is 3.28. The van der Waals surface area contributed by atoms with E-state index in [2.05, 4.69) is 5.32 Å². The maximum Gasteiger partial charge on any atom is 0.232 e. The highest BCUT2D eigenvalue weighted by Crippen LogP contribution is 2.36. The van der Waals surface area contributed by atoms with E-state index in [4.69, 9.17) is 4.74 Å². The SMILES string of the molecule is COc1ccc(C[C@H]2C(=O)Nc3c(C)cccc32)cc1. The van der Waals surface area contributed by atoms with Gasteiger partial charge in [-0.05, 0) is 42.2 Å². The van der Waals surface area contributed by atoms with Crippen LogP contribution in [0.3, 0.4) is 0 Å². The predicted molar refractivity (Wildman–Crippen MR) is 79.2 cm³/mol. The van der Waals surface area contributed by atoms with Crippen LogP contribution < -0.4 is 10.1 Å². The molecule has 0 aromatic heterocycles. The fraction of sp³-hybridized carbons (Fsp3) is 0.235. The Labute approximate surface area is 118 Å². The Morgan fingerprint density at radius 1 is 1.15 bits per heavy atom. The van der Waals surface area contributed by atoms with Crippen LogP contribution in [0.25, 0.3) is 0 Å². The maximum atomic E-state index is 12.2. The summed E-state index contributed by atoms with van der Waals surface area (Å²) in [5, 5.41) is 2.99. The molecule has 0 saturated heterocycles. The molecule has 20 heavy (non-hydrogen) atoms. The first-order chi connectivity index (χ1) is 9.69. The van der Waals surface area contributed by atoms with Crippen molar-refractivity contribution in [3.63, 3.8) is 0 Å². The zero-order chi connectivity index (χ0) is 14.1. The van der Waals surface area contributed by atoms with Gasteiger partial charge < -0.3 is 10.1 Å². The van der Waals surface area contributed by atoms with E-state index >= 15 is 0 Å². The van der Waals surface area contributed by atoms with Gasteiger partial charge in [0, 0.05) is 5.69 Å². The first-order valence-corrected chi connectivity index (χ1v) is 6.72. The number of fused-ring (bicyclic) bond motifs is 1. The lowest BCUT2D eigenvalue weighted by Crippen LogP contribution is -2.14. The van der Waals surface area contributed by atoms with E-state index in [9.17, 15) is 4.79 Å². The fourth-order valence-corrected chi connectivity index (χ4v) is 2.70. The van der Waals surface area contributed by atoms with Crippen molar-refractivity contribution >= 4 is 11.6 Å². The van der Waals surface area contributed by atoms with Gasteiger partial charge in [-0.25, -0.2) is 0 Å². The number of benzene rings is 2. The summed E-state index contributed by atoms with van der Waals surface area (Å²) in [6.07, 6.45) is 0.715. The molecule has 1 heterocycles. The number of para-hydroxylation sites is 1. The lowest BCUT2D eigenvalue weighted by atomic mass is 9.92. The minimum Gasteiger partial charge on any atom is -0.497 e. The molecule has 2 aromatic rings. The summed E-state index contributed by atoms with van der Waals surface area (Å²) in [5.41, 5.74) is 4.34. The van der Waals surface area contributed by atoms with Crippen LogP contribution in [-0.4, -0.2) is 13.0 Å². The third kappa shape index (κ3) is 2.16. The molecule has 102 valence electrons. The highest BCUT2D eigenvalue weighted by Gasteiger charge is 2.31. The van der Waals surface area contributed by atoms with Gasteiger partial charge in [-0.15, -0.1) is 0 Å². The second kappa shape index (κ2) is 5.00. The monoisotopic (exact) mass is 267 g/mol. The van der Waals surface area contributed by atoms with Gasteiger partial charge >= 0.3 is 0 Å². The van der Waals surface area contributed by atoms with E-state index in [1.54, 1.807) is 7.11 Å². The first-order valence-electron chi connectivity index (χ1n) is 6.72. The molecule has 0 unspecified atom stereocenters. The molecule has 0 spiro atoms. The first kappa shape index (κ1) is 12.7. The lowest BCUT2D eigenvalue weighted by molar-refractivity contribution is -0.117. The molecule has 1 atom stereocenters. The smallest absolute Gasteiger partial charge is 0.232 e. The van der Waals surface area contributed by atoms with Crippen LogP contribution in [0.2, 0.25) is 0 Å². The summed E-state index contributed by atoms with van der Waals surface area (Å²) >= 11 is 0. The van der Waals surface area contributed by atoms with Crippen molar-refractivity contribution in [2.75, 3.05) is 12.4 Å². The van der Waals surface area contributed by atoms with Gasteiger partial charge in [0.05, 0.1) is 13.0 Å². The van der Waals surface area contributed by atoms with Crippen molar-refractivity contribution in [2.24, 2.45) is 0 Å². The third-order valence-corrected chi connectivity index (χ3v) is 3.84. The van der Waals surface area contributed by atoms with Crippen LogP contribution >= 0.6 is 0 Å². The summed E-state index contributed by atoms with van der Waals surface area (Å²) < 4.78 is 5.15. The summed E-state index contributed by atoms with van der Waals surface area (Å²) in [7, 11) is 1.65. The summed E-state index contributed by atoms with van der Waals surface area (Å²) in [4.78, 5) is 12.2. The van der Waals surface area contributed by atoms with Crippen LogP contribution in [0.4, 0.5) is 5.69 Å². The number of ether oxygens (including phenoxy) is 1. The molecule has 3 nitrogen and oxygen atoms in total. The zero-order valence-electron chi connectivity index (χ0n) is 11.6. The Hall–Kier alpha value is -2.29. The molecule has 3 heteroatoms. The fourth-order valence-electron chi connectivity index (χ4n) is 2.70. The highest BCUT2D eigenvalue weighted by molar-refractivity contribution is 6.03. The Balaban J connectivity index is 1.88. The third-order valence-electron chi connectivity index (χ3n) is 3.84. The van der Waals surface area contributed by atoms with Crippen LogP contribution in [0.5, 0.6) is 5.75 Å². The quantitative estimate of drug-likeness (QED) is 0.926. The van der Waals surface area contributed by atoms with E-state index < -0.39 is 0 Å². The van der Waals surface area contributed by atoms with Gasteiger partial charge in [-0.2, -0.15) is 0 Å². The molecule has 0 radical (unpaired) electrons. The number of aryl methyl sites for hydroxylation is 1. The molecule has 0 fully saturated rings. The van der Waals surface area contributed by atoms with Crippen LogP contribution in [0.1, 0.15) is 22.6 Å². The van der Waals surface area contributed by atoms with Crippen molar-refractivity contribution in [2.45, 2.75) is 19.3 Å². The maximum absolute atomic E-state index is 12.2. The topological polar surface area (TPSA) is 38.3 Å². The normalized spacial score (nSPS) is 16.7. The van der Waals surface area contributed by atoms with Crippen LogP contribution in [-0.2, 0) is 11.2 Å². The van der Waals surface area contributed by atoms with Crippen LogP contribution in [0.15, 0.2) is 42.5 Å². The number of amides is 1. The van der Waals surface area contributed by atoms with E-state index in [-0.39, 0.29) is 11.8 Å². The number of anilines is 1. The van der Waals surface area contributed by atoms with Gasteiger partial charge in [0.1, 0.15) is 5.75 Å². The number of rotatable bonds is 3.